The van der Waals surface area contributed by atoms with Crippen molar-refractivity contribution in [3.8, 4) is 0 Å². The van der Waals surface area contributed by atoms with Crippen molar-refractivity contribution in [3.63, 3.8) is 0 Å². The molecule has 0 saturated carbocycles. The van der Waals surface area contributed by atoms with Crippen LogP contribution in [0.15, 0.2) is 152 Å². The summed E-state index contributed by atoms with van der Waals surface area (Å²) in [5.74, 6) is -1.31. The van der Waals surface area contributed by atoms with E-state index in [-0.39, 0.29) is 26.3 Å². The summed E-state index contributed by atoms with van der Waals surface area (Å²) in [5, 5.41) is 36.1. The standard InChI is InChI=1S/C49H56N2O8/c1-47(2,3)46(55)59-36-48(56,35-57-33-37-19-9-4-10-20-37)44(58-34-38-21-11-5-12-22-38)42(52)43(53)45(54)50-29-31-51(32-30-50)49(39-23-13-6-14-24-39,40-25-15-7-16-26-40)41-27-17-8-18-28-41/h4-28,42-44,52-53,56H,29-36H2,1-3H3/t42-,43-,44+,48-/m1/s1. The third-order valence-corrected chi connectivity index (χ3v) is 10.9. The second-order valence-corrected chi connectivity index (χ2v) is 16.2. The van der Waals surface area contributed by atoms with Crippen LogP contribution in [0.25, 0.3) is 0 Å². The molecule has 1 aliphatic rings. The van der Waals surface area contributed by atoms with E-state index in [4.69, 9.17) is 14.2 Å². The number of aliphatic hydroxyl groups is 3. The van der Waals surface area contributed by atoms with Gasteiger partial charge in [-0.05, 0) is 48.6 Å². The molecule has 0 aromatic heterocycles. The highest BCUT2D eigenvalue weighted by Gasteiger charge is 2.50. The predicted molar refractivity (Wildman–Crippen MR) is 226 cm³/mol. The van der Waals surface area contributed by atoms with Crippen LogP contribution in [0, 0.1) is 5.41 Å². The van der Waals surface area contributed by atoms with E-state index >= 15 is 0 Å². The summed E-state index contributed by atoms with van der Waals surface area (Å²) in [5.41, 5.74) is 1.000. The minimum atomic E-state index is -2.19. The van der Waals surface area contributed by atoms with Crippen molar-refractivity contribution in [1.82, 2.24) is 9.80 Å². The van der Waals surface area contributed by atoms with Crippen LogP contribution in [-0.2, 0) is 42.6 Å². The van der Waals surface area contributed by atoms with Gasteiger partial charge < -0.3 is 34.4 Å². The Kier molecular flexibility index (Phi) is 14.5. The van der Waals surface area contributed by atoms with E-state index in [0.717, 1.165) is 27.8 Å². The van der Waals surface area contributed by atoms with Gasteiger partial charge in [-0.1, -0.05) is 152 Å². The molecule has 4 atom stereocenters. The summed E-state index contributed by atoms with van der Waals surface area (Å²) >= 11 is 0. The van der Waals surface area contributed by atoms with E-state index in [1.807, 2.05) is 115 Å². The van der Waals surface area contributed by atoms with Gasteiger partial charge in [-0.3, -0.25) is 14.5 Å². The van der Waals surface area contributed by atoms with E-state index in [9.17, 15) is 24.9 Å². The average Bonchev–Trinajstić information content (AvgIpc) is 3.27. The van der Waals surface area contributed by atoms with Crippen LogP contribution in [0.1, 0.15) is 48.6 Å². The Labute approximate surface area is 347 Å². The zero-order chi connectivity index (χ0) is 41.9. The number of benzene rings is 5. The van der Waals surface area contributed by atoms with Crippen molar-refractivity contribution in [2.75, 3.05) is 39.4 Å². The Morgan fingerprint density at radius 2 is 1.03 bits per heavy atom. The van der Waals surface area contributed by atoms with Crippen molar-refractivity contribution >= 4 is 11.9 Å². The SMILES string of the molecule is CC(C)(C)C(=O)OC[C@](O)(COCc1ccccc1)[C@@H](OCc1ccccc1)[C@H](O)[C@@H](O)C(=O)N1CCN(C(c2ccccc2)(c2ccccc2)c2ccccc2)CC1. The molecule has 10 nitrogen and oxygen atoms in total. The molecule has 310 valence electrons. The number of hydrogen-bond acceptors (Lipinski definition) is 9. The van der Waals surface area contributed by atoms with Crippen molar-refractivity contribution in [2.45, 2.75) is 63.4 Å². The molecule has 1 heterocycles. The van der Waals surface area contributed by atoms with Crippen LogP contribution in [0.5, 0.6) is 0 Å². The number of piperazine rings is 1. The Bertz CT molecular complexity index is 1940. The number of ether oxygens (including phenoxy) is 3. The molecule has 6 rings (SSSR count). The van der Waals surface area contributed by atoms with Crippen LogP contribution in [0.4, 0.5) is 0 Å². The van der Waals surface area contributed by atoms with Gasteiger partial charge in [0.15, 0.2) is 11.7 Å². The Hall–Kier alpha value is -5.20. The lowest BCUT2D eigenvalue weighted by Gasteiger charge is -2.49. The van der Waals surface area contributed by atoms with Gasteiger partial charge in [0, 0.05) is 26.2 Å². The van der Waals surface area contributed by atoms with E-state index in [2.05, 4.69) is 41.3 Å². The molecular formula is C49H56N2O8. The van der Waals surface area contributed by atoms with Gasteiger partial charge >= 0.3 is 5.97 Å². The number of carbonyl (C=O) groups is 2. The topological polar surface area (TPSA) is 129 Å². The molecule has 3 N–H and O–H groups in total. The molecule has 0 radical (unpaired) electrons. The molecule has 1 aliphatic heterocycles. The molecule has 1 saturated heterocycles. The summed E-state index contributed by atoms with van der Waals surface area (Å²) in [4.78, 5) is 31.2. The number of rotatable bonds is 17. The van der Waals surface area contributed by atoms with Gasteiger partial charge in [0.05, 0.1) is 30.8 Å². The minimum Gasteiger partial charge on any atom is -0.462 e. The highest BCUT2D eigenvalue weighted by atomic mass is 16.6. The van der Waals surface area contributed by atoms with Crippen molar-refractivity contribution in [2.24, 2.45) is 5.41 Å². The molecule has 0 unspecified atom stereocenters. The summed E-state index contributed by atoms with van der Waals surface area (Å²) in [7, 11) is 0. The smallest absolute Gasteiger partial charge is 0.311 e. The summed E-state index contributed by atoms with van der Waals surface area (Å²) in [6, 6.07) is 49.3. The van der Waals surface area contributed by atoms with E-state index in [0.29, 0.717) is 13.1 Å². The van der Waals surface area contributed by atoms with E-state index < -0.39 is 60.0 Å². The lowest BCUT2D eigenvalue weighted by Crippen LogP contribution is -2.63. The molecule has 1 amide bonds. The Morgan fingerprint density at radius 1 is 0.610 bits per heavy atom. The molecule has 5 aromatic carbocycles. The number of hydrogen-bond donors (Lipinski definition) is 3. The maximum absolute atomic E-state index is 14.3. The molecule has 59 heavy (non-hydrogen) atoms. The summed E-state index contributed by atoms with van der Waals surface area (Å²) in [6.07, 6.45) is -5.57. The number of nitrogens with zero attached hydrogens (tertiary/aromatic N) is 2. The fourth-order valence-electron chi connectivity index (χ4n) is 7.71. The molecule has 0 bridgehead atoms. The first-order valence-electron chi connectivity index (χ1n) is 20.2. The van der Waals surface area contributed by atoms with E-state index in [1.54, 1.807) is 20.8 Å². The largest absolute Gasteiger partial charge is 0.462 e. The lowest BCUT2D eigenvalue weighted by molar-refractivity contribution is -0.222. The maximum atomic E-state index is 14.3. The first-order chi connectivity index (χ1) is 28.4. The predicted octanol–water partition coefficient (Wildman–Crippen LogP) is 5.97. The Balaban J connectivity index is 1.26. The van der Waals surface area contributed by atoms with Crippen LogP contribution >= 0.6 is 0 Å². The van der Waals surface area contributed by atoms with E-state index in [1.165, 1.54) is 4.90 Å². The number of carbonyl (C=O) groups excluding carboxylic acids is 2. The molecule has 0 spiro atoms. The van der Waals surface area contributed by atoms with Gasteiger partial charge in [0.25, 0.3) is 5.91 Å². The average molecular weight is 801 g/mol. The minimum absolute atomic E-state index is 0.0864. The van der Waals surface area contributed by atoms with Gasteiger partial charge in [0.1, 0.15) is 18.8 Å². The highest BCUT2D eigenvalue weighted by molar-refractivity contribution is 5.81. The molecular weight excluding hydrogens is 745 g/mol. The summed E-state index contributed by atoms with van der Waals surface area (Å²) in [6.45, 7) is 5.38. The quantitative estimate of drug-likeness (QED) is 0.0771. The molecule has 0 aliphatic carbocycles. The van der Waals surface area contributed by atoms with Crippen LogP contribution in [0.2, 0.25) is 0 Å². The van der Waals surface area contributed by atoms with Crippen molar-refractivity contribution in [3.05, 3.63) is 179 Å². The second kappa shape index (κ2) is 19.7. The maximum Gasteiger partial charge on any atom is 0.311 e. The van der Waals surface area contributed by atoms with Gasteiger partial charge in [0.2, 0.25) is 0 Å². The van der Waals surface area contributed by atoms with Crippen LogP contribution < -0.4 is 0 Å². The first-order valence-corrected chi connectivity index (χ1v) is 20.2. The summed E-state index contributed by atoms with van der Waals surface area (Å²) < 4.78 is 17.8. The number of esters is 1. The Morgan fingerprint density at radius 3 is 1.47 bits per heavy atom. The fraction of sp³-hybridized carbons (Fsp3) is 0.347. The van der Waals surface area contributed by atoms with Crippen molar-refractivity contribution in [1.29, 1.82) is 0 Å². The van der Waals surface area contributed by atoms with Gasteiger partial charge in [-0.15, -0.1) is 0 Å². The third-order valence-electron chi connectivity index (χ3n) is 10.9. The lowest BCUT2D eigenvalue weighted by atomic mass is 9.75. The molecule has 5 aromatic rings. The molecule has 1 fully saturated rings. The van der Waals surface area contributed by atoms with Crippen LogP contribution in [0.3, 0.4) is 0 Å². The van der Waals surface area contributed by atoms with Gasteiger partial charge in [-0.2, -0.15) is 0 Å². The zero-order valence-corrected chi connectivity index (χ0v) is 34.1. The second-order valence-electron chi connectivity index (χ2n) is 16.2. The van der Waals surface area contributed by atoms with Gasteiger partial charge in [-0.25, -0.2) is 0 Å². The fourth-order valence-corrected chi connectivity index (χ4v) is 7.71. The number of aliphatic hydroxyl groups excluding tert-OH is 2. The zero-order valence-electron chi connectivity index (χ0n) is 34.1. The van der Waals surface area contributed by atoms with Crippen LogP contribution in [-0.4, -0.2) is 100 Å². The third kappa shape index (κ3) is 10.3. The normalized spacial score (nSPS) is 16.4. The van der Waals surface area contributed by atoms with Crippen molar-refractivity contribution < 1.29 is 39.1 Å². The number of amides is 1. The highest BCUT2D eigenvalue weighted by Crippen LogP contribution is 2.43. The monoisotopic (exact) mass is 800 g/mol. The first kappa shape index (κ1) is 43.4. The molecule has 10 heteroatoms.